The Labute approximate surface area is 183 Å². The molecule has 0 aliphatic carbocycles. The number of benzene rings is 3. The fraction of sp³-hybridized carbons (Fsp3) is 0. The predicted octanol–water partition coefficient (Wildman–Crippen LogP) is 4.91. The number of aromatic nitrogens is 3. The molecule has 6 heteroatoms. The molecule has 32 heavy (non-hydrogen) atoms. The van der Waals surface area contributed by atoms with E-state index >= 15 is 0 Å². The second-order valence-electron chi connectivity index (χ2n) is 7.35. The SMILES string of the molecule is Nc1cc(-c2ccc(C#Cc3cccc(C(=O)O)c3-c3ccc4cc[nH]c4c3)cc2)[nH]n1. The van der Waals surface area contributed by atoms with Gasteiger partial charge in [0, 0.05) is 34.5 Å². The molecule has 0 amide bonds. The third-order valence-electron chi connectivity index (χ3n) is 5.27. The van der Waals surface area contributed by atoms with E-state index in [1.807, 2.05) is 60.8 Å². The van der Waals surface area contributed by atoms with Gasteiger partial charge in [-0.2, -0.15) is 5.10 Å². The maximum absolute atomic E-state index is 11.9. The van der Waals surface area contributed by atoms with Gasteiger partial charge >= 0.3 is 5.97 Å². The Kier molecular flexibility index (Phi) is 4.70. The van der Waals surface area contributed by atoms with Crippen LogP contribution in [0.3, 0.4) is 0 Å². The Morgan fingerprint density at radius 1 is 0.938 bits per heavy atom. The quantitative estimate of drug-likeness (QED) is 0.312. The van der Waals surface area contributed by atoms with Gasteiger partial charge in [0.05, 0.1) is 11.3 Å². The number of aromatic amines is 2. The zero-order chi connectivity index (χ0) is 22.1. The van der Waals surface area contributed by atoms with Crippen molar-refractivity contribution in [2.75, 3.05) is 5.73 Å². The molecule has 0 radical (unpaired) electrons. The summed E-state index contributed by atoms with van der Waals surface area (Å²) in [6.45, 7) is 0. The maximum atomic E-state index is 11.9. The van der Waals surface area contributed by atoms with Gasteiger partial charge < -0.3 is 15.8 Å². The molecule has 0 fully saturated rings. The summed E-state index contributed by atoms with van der Waals surface area (Å²) in [5, 5.41) is 17.7. The molecule has 3 aromatic carbocycles. The summed E-state index contributed by atoms with van der Waals surface area (Å²) in [5.41, 5.74) is 11.5. The number of anilines is 1. The number of carboxylic acid groups (broad SMARTS) is 1. The van der Waals surface area contributed by atoms with Gasteiger partial charge in [0.1, 0.15) is 5.82 Å². The fourth-order valence-corrected chi connectivity index (χ4v) is 3.71. The fourth-order valence-electron chi connectivity index (χ4n) is 3.71. The minimum absolute atomic E-state index is 0.217. The van der Waals surface area contributed by atoms with Gasteiger partial charge in [-0.15, -0.1) is 0 Å². The van der Waals surface area contributed by atoms with Crippen LogP contribution in [0.2, 0.25) is 0 Å². The van der Waals surface area contributed by atoms with E-state index in [0.717, 1.165) is 33.3 Å². The summed E-state index contributed by atoms with van der Waals surface area (Å²) in [6.07, 6.45) is 1.86. The zero-order valence-corrected chi connectivity index (χ0v) is 16.9. The molecule has 0 aliphatic rings. The number of nitrogen functional groups attached to an aromatic ring is 1. The third kappa shape index (κ3) is 3.59. The van der Waals surface area contributed by atoms with E-state index in [1.165, 1.54) is 0 Å². The number of carbonyl (C=O) groups is 1. The van der Waals surface area contributed by atoms with Crippen molar-refractivity contribution in [1.82, 2.24) is 15.2 Å². The Morgan fingerprint density at radius 2 is 1.75 bits per heavy atom. The van der Waals surface area contributed by atoms with E-state index in [-0.39, 0.29) is 5.56 Å². The molecule has 0 saturated carbocycles. The predicted molar refractivity (Wildman–Crippen MR) is 125 cm³/mol. The molecule has 5 N–H and O–H groups in total. The van der Waals surface area contributed by atoms with E-state index in [0.29, 0.717) is 16.9 Å². The van der Waals surface area contributed by atoms with Crippen molar-refractivity contribution in [2.45, 2.75) is 0 Å². The van der Waals surface area contributed by atoms with Gasteiger partial charge in [-0.25, -0.2) is 4.79 Å². The summed E-state index contributed by atoms with van der Waals surface area (Å²) in [7, 11) is 0. The smallest absolute Gasteiger partial charge is 0.336 e. The average Bonchev–Trinajstić information content (AvgIpc) is 3.46. The summed E-state index contributed by atoms with van der Waals surface area (Å²) in [4.78, 5) is 15.1. The second kappa shape index (κ2) is 7.82. The van der Waals surface area contributed by atoms with Crippen molar-refractivity contribution in [3.05, 3.63) is 95.7 Å². The summed E-state index contributed by atoms with van der Waals surface area (Å²) in [5.74, 6) is 5.77. The van der Waals surface area contributed by atoms with Crippen molar-refractivity contribution in [2.24, 2.45) is 0 Å². The number of nitrogens with two attached hydrogens (primary N) is 1. The number of nitrogens with one attached hydrogen (secondary N) is 2. The van der Waals surface area contributed by atoms with Crippen LogP contribution >= 0.6 is 0 Å². The van der Waals surface area contributed by atoms with Crippen molar-refractivity contribution in [3.8, 4) is 34.2 Å². The molecule has 0 saturated heterocycles. The van der Waals surface area contributed by atoms with E-state index in [1.54, 1.807) is 18.2 Å². The summed E-state index contributed by atoms with van der Waals surface area (Å²) < 4.78 is 0. The zero-order valence-electron chi connectivity index (χ0n) is 16.9. The molecule has 0 bridgehead atoms. The molecule has 154 valence electrons. The highest BCUT2D eigenvalue weighted by Gasteiger charge is 2.15. The van der Waals surface area contributed by atoms with Gasteiger partial charge in [-0.3, -0.25) is 5.10 Å². The van der Waals surface area contributed by atoms with Crippen LogP contribution in [0.5, 0.6) is 0 Å². The van der Waals surface area contributed by atoms with Gasteiger partial charge in [0.15, 0.2) is 0 Å². The lowest BCUT2D eigenvalue weighted by molar-refractivity contribution is 0.0697. The van der Waals surface area contributed by atoms with Crippen LogP contribution in [0.1, 0.15) is 21.5 Å². The first-order chi connectivity index (χ1) is 15.6. The third-order valence-corrected chi connectivity index (χ3v) is 5.27. The van der Waals surface area contributed by atoms with Crippen molar-refractivity contribution < 1.29 is 9.90 Å². The number of carboxylic acids is 1. The lowest BCUT2D eigenvalue weighted by Gasteiger charge is -2.10. The van der Waals surface area contributed by atoms with E-state index in [2.05, 4.69) is 27.0 Å². The van der Waals surface area contributed by atoms with Crippen molar-refractivity contribution in [3.63, 3.8) is 0 Å². The minimum atomic E-state index is -0.988. The molecule has 6 nitrogen and oxygen atoms in total. The summed E-state index contributed by atoms with van der Waals surface area (Å²) >= 11 is 0. The monoisotopic (exact) mass is 418 g/mol. The Hall–Kier alpha value is -4.76. The highest BCUT2D eigenvalue weighted by Crippen LogP contribution is 2.30. The van der Waals surface area contributed by atoms with Crippen molar-refractivity contribution >= 4 is 22.7 Å². The molecule has 2 heterocycles. The van der Waals surface area contributed by atoms with Gasteiger partial charge in [-0.1, -0.05) is 42.2 Å². The van der Waals surface area contributed by atoms with Crippen LogP contribution in [0.4, 0.5) is 5.82 Å². The Morgan fingerprint density at radius 3 is 2.50 bits per heavy atom. The molecule has 5 aromatic rings. The molecule has 0 aliphatic heterocycles. The molecule has 2 aromatic heterocycles. The largest absolute Gasteiger partial charge is 0.478 e. The lowest BCUT2D eigenvalue weighted by atomic mass is 9.93. The second-order valence-corrected chi connectivity index (χ2v) is 7.35. The van der Waals surface area contributed by atoms with Crippen LogP contribution in [-0.2, 0) is 0 Å². The van der Waals surface area contributed by atoms with E-state index < -0.39 is 5.97 Å². The number of hydrogen-bond acceptors (Lipinski definition) is 3. The number of hydrogen-bond donors (Lipinski definition) is 4. The Balaban J connectivity index is 1.55. The van der Waals surface area contributed by atoms with Crippen LogP contribution in [0, 0.1) is 11.8 Å². The first kappa shape index (κ1) is 19.2. The average molecular weight is 418 g/mol. The minimum Gasteiger partial charge on any atom is -0.478 e. The van der Waals surface area contributed by atoms with E-state index in [4.69, 9.17) is 5.73 Å². The number of rotatable bonds is 3. The lowest BCUT2D eigenvalue weighted by Crippen LogP contribution is -2.01. The first-order valence-electron chi connectivity index (χ1n) is 9.96. The first-order valence-corrected chi connectivity index (χ1v) is 9.96. The molecule has 0 unspecified atom stereocenters. The number of fused-ring (bicyclic) bond motifs is 1. The maximum Gasteiger partial charge on any atom is 0.336 e. The molecule has 5 rings (SSSR count). The molecular formula is C26H18N4O2. The highest BCUT2D eigenvalue weighted by atomic mass is 16.4. The van der Waals surface area contributed by atoms with Crippen molar-refractivity contribution in [1.29, 1.82) is 0 Å². The van der Waals surface area contributed by atoms with Crippen LogP contribution in [-0.4, -0.2) is 26.3 Å². The molecule has 0 atom stereocenters. The van der Waals surface area contributed by atoms with Crippen LogP contribution in [0.25, 0.3) is 33.3 Å². The van der Waals surface area contributed by atoms with E-state index in [9.17, 15) is 9.90 Å². The van der Waals surface area contributed by atoms with Gasteiger partial charge in [0.2, 0.25) is 0 Å². The highest BCUT2D eigenvalue weighted by molar-refractivity contribution is 5.99. The van der Waals surface area contributed by atoms with Crippen LogP contribution in [0.15, 0.2) is 79.0 Å². The normalized spacial score (nSPS) is 10.6. The number of nitrogens with zero attached hydrogens (tertiary/aromatic N) is 1. The number of H-pyrrole nitrogens is 2. The van der Waals surface area contributed by atoms with Gasteiger partial charge in [0.25, 0.3) is 0 Å². The molecular weight excluding hydrogens is 400 g/mol. The van der Waals surface area contributed by atoms with Gasteiger partial charge in [-0.05, 0) is 52.9 Å². The number of aromatic carboxylic acids is 1. The summed E-state index contributed by atoms with van der Waals surface area (Å²) in [6, 6.07) is 22.4. The Bertz CT molecular complexity index is 1520. The van der Waals surface area contributed by atoms with Crippen LogP contribution < -0.4 is 5.73 Å². The standard InChI is InChI=1S/C26H18N4O2/c27-24-15-23(29-30-24)17-7-4-16(5-8-17)6-9-19-2-1-3-21(26(31)32)25(19)20-11-10-18-12-13-28-22(18)14-20/h1-5,7-8,10-15,28H,(H,31,32)(H3,27,29,30). The molecule has 0 spiro atoms. The topological polar surface area (TPSA) is 108 Å².